The summed E-state index contributed by atoms with van der Waals surface area (Å²) < 4.78 is 1.58. The molecule has 140 valence electrons. The minimum atomic E-state index is -1.17. The molecule has 3 aromatic rings. The van der Waals surface area contributed by atoms with Crippen LogP contribution in [0.4, 0.5) is 0 Å². The van der Waals surface area contributed by atoms with Crippen LogP contribution in [0, 0.1) is 13.8 Å². The van der Waals surface area contributed by atoms with Gasteiger partial charge in [0.15, 0.2) is 5.16 Å². The van der Waals surface area contributed by atoms with Gasteiger partial charge in [0.25, 0.3) is 5.56 Å². The molecule has 0 amide bonds. The van der Waals surface area contributed by atoms with Gasteiger partial charge in [0.05, 0.1) is 17.0 Å². The zero-order valence-corrected chi connectivity index (χ0v) is 16.8. The number of hydrogen-bond donors (Lipinski definition) is 0. The third-order valence-electron chi connectivity index (χ3n) is 4.88. The van der Waals surface area contributed by atoms with Crippen LogP contribution in [-0.4, -0.2) is 21.3 Å². The first kappa shape index (κ1) is 18.3. The predicted octanol–water partition coefficient (Wildman–Crippen LogP) is 2.78. The van der Waals surface area contributed by atoms with Gasteiger partial charge in [-0.3, -0.25) is 9.36 Å². The Kier molecular flexibility index (Phi) is 4.82. The Balaban J connectivity index is 2.02. The van der Waals surface area contributed by atoms with E-state index in [0.717, 1.165) is 59.8 Å². The quantitative estimate of drug-likeness (QED) is 0.498. The van der Waals surface area contributed by atoms with Crippen molar-refractivity contribution >= 4 is 39.3 Å². The number of carbonyl (C=O) groups excluding carboxylic acids is 1. The van der Waals surface area contributed by atoms with Gasteiger partial charge >= 0.3 is 0 Å². The number of carbonyl (C=O) groups is 1. The summed E-state index contributed by atoms with van der Waals surface area (Å²) in [6.45, 7) is 3.92. The molecule has 1 aliphatic rings. The molecule has 0 saturated carbocycles. The van der Waals surface area contributed by atoms with Crippen LogP contribution in [0.1, 0.15) is 34.4 Å². The van der Waals surface area contributed by atoms with Crippen LogP contribution in [0.2, 0.25) is 0 Å². The van der Waals surface area contributed by atoms with Crippen molar-refractivity contribution in [2.24, 2.45) is 0 Å². The number of aryl methyl sites for hydroxylation is 4. The summed E-state index contributed by atoms with van der Waals surface area (Å²) in [5.74, 6) is -1.42. The Morgan fingerprint density at radius 1 is 1.30 bits per heavy atom. The smallest absolute Gasteiger partial charge is 0.267 e. The Morgan fingerprint density at radius 2 is 2.07 bits per heavy atom. The zero-order chi connectivity index (χ0) is 19.1. The third kappa shape index (κ3) is 3.30. The normalized spacial score (nSPS) is 13.7. The number of thiophene rings is 1. The van der Waals surface area contributed by atoms with E-state index in [0.29, 0.717) is 15.4 Å². The van der Waals surface area contributed by atoms with Crippen molar-refractivity contribution in [3.05, 3.63) is 50.1 Å². The number of carboxylic acid groups (broad SMARTS) is 1. The minimum Gasteiger partial charge on any atom is -0.549 e. The molecule has 0 N–H and O–H groups in total. The molecule has 5 nitrogen and oxygen atoms in total. The van der Waals surface area contributed by atoms with Gasteiger partial charge in [0.1, 0.15) is 4.83 Å². The number of carboxylic acids is 1. The number of rotatable bonds is 4. The second kappa shape index (κ2) is 7.13. The first-order valence-electron chi connectivity index (χ1n) is 8.93. The van der Waals surface area contributed by atoms with Crippen LogP contribution in [-0.2, 0) is 17.6 Å². The number of nitrogens with zero attached hydrogens (tertiary/aromatic N) is 2. The molecule has 0 atom stereocenters. The molecule has 27 heavy (non-hydrogen) atoms. The molecule has 2 aromatic heterocycles. The third-order valence-corrected chi connectivity index (χ3v) is 6.98. The standard InChI is InChI=1S/C20H20N2O3S2/c1-11-7-8-12(2)14(9-11)22-19(25)17-13-5-3-4-6-15(13)27-18(17)21-20(22)26-10-16(23)24/h7-9H,3-6,10H2,1-2H3,(H,23,24)/p-1. The van der Waals surface area contributed by atoms with Gasteiger partial charge in [-0.15, -0.1) is 11.3 Å². The predicted molar refractivity (Wildman–Crippen MR) is 107 cm³/mol. The van der Waals surface area contributed by atoms with E-state index in [9.17, 15) is 14.7 Å². The Morgan fingerprint density at radius 3 is 2.85 bits per heavy atom. The molecule has 2 heterocycles. The monoisotopic (exact) mass is 399 g/mol. The van der Waals surface area contributed by atoms with Gasteiger partial charge in [-0.1, -0.05) is 23.9 Å². The highest BCUT2D eigenvalue weighted by molar-refractivity contribution is 7.99. The number of aliphatic carboxylic acids is 1. The summed E-state index contributed by atoms with van der Waals surface area (Å²) in [5.41, 5.74) is 3.77. The SMILES string of the molecule is Cc1ccc(C)c(-n2c(SCC(=O)[O-])nc3sc4c(c3c2=O)CCCC4)c1. The average molecular weight is 400 g/mol. The maximum Gasteiger partial charge on any atom is 0.267 e. The number of hydrogen-bond acceptors (Lipinski definition) is 6. The Bertz CT molecular complexity index is 1110. The van der Waals surface area contributed by atoms with Crippen molar-refractivity contribution in [2.45, 2.75) is 44.7 Å². The first-order chi connectivity index (χ1) is 13.0. The maximum absolute atomic E-state index is 13.5. The molecule has 0 aliphatic heterocycles. The van der Waals surface area contributed by atoms with E-state index in [1.807, 2.05) is 32.0 Å². The molecular formula is C20H19N2O3S2-. The summed E-state index contributed by atoms with van der Waals surface area (Å²) in [5, 5.41) is 12.1. The van der Waals surface area contributed by atoms with E-state index in [2.05, 4.69) is 0 Å². The lowest BCUT2D eigenvalue weighted by Gasteiger charge is -2.16. The van der Waals surface area contributed by atoms with E-state index >= 15 is 0 Å². The van der Waals surface area contributed by atoms with Crippen molar-refractivity contribution in [1.29, 1.82) is 0 Å². The number of thioether (sulfide) groups is 1. The van der Waals surface area contributed by atoms with Crippen LogP contribution in [0.15, 0.2) is 28.2 Å². The van der Waals surface area contributed by atoms with Gasteiger partial charge in [-0.05, 0) is 62.3 Å². The summed E-state index contributed by atoms with van der Waals surface area (Å²) in [4.78, 5) is 31.2. The molecule has 0 radical (unpaired) electrons. The highest BCUT2D eigenvalue weighted by Gasteiger charge is 2.23. The van der Waals surface area contributed by atoms with Crippen LogP contribution in [0.3, 0.4) is 0 Å². The molecule has 0 fully saturated rings. The number of benzene rings is 1. The molecule has 1 aromatic carbocycles. The lowest BCUT2D eigenvalue weighted by molar-refractivity contribution is -0.301. The van der Waals surface area contributed by atoms with Gasteiger partial charge in [0.2, 0.25) is 0 Å². The van der Waals surface area contributed by atoms with E-state index in [-0.39, 0.29) is 11.3 Å². The second-order valence-corrected chi connectivity index (χ2v) is 8.90. The minimum absolute atomic E-state index is 0.103. The van der Waals surface area contributed by atoms with E-state index < -0.39 is 5.97 Å². The van der Waals surface area contributed by atoms with Crippen molar-refractivity contribution in [3.8, 4) is 5.69 Å². The van der Waals surface area contributed by atoms with Gasteiger partial charge in [0, 0.05) is 10.6 Å². The van der Waals surface area contributed by atoms with Gasteiger partial charge in [-0.25, -0.2) is 4.98 Å². The van der Waals surface area contributed by atoms with Crippen LogP contribution in [0.5, 0.6) is 0 Å². The molecule has 4 rings (SSSR count). The van der Waals surface area contributed by atoms with Crippen LogP contribution < -0.4 is 10.7 Å². The largest absolute Gasteiger partial charge is 0.549 e. The molecule has 7 heteroatoms. The van der Waals surface area contributed by atoms with Crippen molar-refractivity contribution in [2.75, 3.05) is 5.75 Å². The van der Waals surface area contributed by atoms with Crippen molar-refractivity contribution < 1.29 is 9.90 Å². The molecular weight excluding hydrogens is 380 g/mol. The van der Waals surface area contributed by atoms with Gasteiger partial charge < -0.3 is 9.90 Å². The maximum atomic E-state index is 13.5. The van der Waals surface area contributed by atoms with Gasteiger partial charge in [-0.2, -0.15) is 0 Å². The molecule has 0 unspecified atom stereocenters. The molecule has 1 aliphatic carbocycles. The van der Waals surface area contributed by atoms with E-state index in [4.69, 9.17) is 4.98 Å². The number of fused-ring (bicyclic) bond motifs is 3. The molecule has 0 spiro atoms. The summed E-state index contributed by atoms with van der Waals surface area (Å²) in [7, 11) is 0. The average Bonchev–Trinajstić information content (AvgIpc) is 3.01. The topological polar surface area (TPSA) is 75.0 Å². The summed E-state index contributed by atoms with van der Waals surface area (Å²) in [6, 6.07) is 5.92. The lowest BCUT2D eigenvalue weighted by atomic mass is 9.97. The highest BCUT2D eigenvalue weighted by atomic mass is 32.2. The second-order valence-electron chi connectivity index (χ2n) is 6.88. The Hall–Kier alpha value is -2.12. The fourth-order valence-electron chi connectivity index (χ4n) is 3.58. The zero-order valence-electron chi connectivity index (χ0n) is 15.2. The van der Waals surface area contributed by atoms with Crippen molar-refractivity contribution in [3.63, 3.8) is 0 Å². The fraction of sp³-hybridized carbons (Fsp3) is 0.350. The van der Waals surface area contributed by atoms with Crippen LogP contribution >= 0.6 is 23.1 Å². The Labute approximate surface area is 165 Å². The molecule has 0 bridgehead atoms. The fourth-order valence-corrected chi connectivity index (χ4v) is 5.60. The van der Waals surface area contributed by atoms with E-state index in [1.54, 1.807) is 15.9 Å². The van der Waals surface area contributed by atoms with Crippen molar-refractivity contribution in [1.82, 2.24) is 9.55 Å². The summed E-state index contributed by atoms with van der Waals surface area (Å²) in [6.07, 6.45) is 4.12. The lowest BCUT2D eigenvalue weighted by Crippen LogP contribution is -2.26. The van der Waals surface area contributed by atoms with Crippen LogP contribution in [0.25, 0.3) is 15.9 Å². The number of aromatic nitrogens is 2. The first-order valence-corrected chi connectivity index (χ1v) is 10.7. The molecule has 0 saturated heterocycles. The summed E-state index contributed by atoms with van der Waals surface area (Å²) >= 11 is 2.61. The van der Waals surface area contributed by atoms with E-state index in [1.165, 1.54) is 4.88 Å². The highest BCUT2D eigenvalue weighted by Crippen LogP contribution is 2.35.